The molecule has 0 radical (unpaired) electrons. The third-order valence-corrected chi connectivity index (χ3v) is 3.82. The molecule has 0 aromatic carbocycles. The van der Waals surface area contributed by atoms with E-state index in [2.05, 4.69) is 28.7 Å². The zero-order valence-electron chi connectivity index (χ0n) is 11.6. The van der Waals surface area contributed by atoms with Gasteiger partial charge in [0, 0.05) is 25.5 Å². The van der Waals surface area contributed by atoms with Crippen LogP contribution in [0.4, 0.5) is 5.95 Å². The lowest BCUT2D eigenvalue weighted by Crippen LogP contribution is -2.48. The van der Waals surface area contributed by atoms with E-state index >= 15 is 0 Å². The number of hydrogen-bond acceptors (Lipinski definition) is 4. The normalized spacial score (nSPS) is 24.6. The lowest BCUT2D eigenvalue weighted by atomic mass is 9.90. The van der Waals surface area contributed by atoms with Gasteiger partial charge in [0.2, 0.25) is 5.95 Å². The first kappa shape index (κ1) is 13.3. The molecule has 0 bridgehead atoms. The Morgan fingerprint density at radius 1 is 1.39 bits per heavy atom. The Morgan fingerprint density at radius 3 is 2.61 bits per heavy atom. The molecule has 4 heteroatoms. The highest BCUT2D eigenvalue weighted by Gasteiger charge is 2.32. The molecule has 1 saturated heterocycles. The van der Waals surface area contributed by atoms with Gasteiger partial charge < -0.3 is 10.0 Å². The second-order valence-electron chi connectivity index (χ2n) is 5.57. The van der Waals surface area contributed by atoms with Crippen LogP contribution in [0.3, 0.4) is 0 Å². The molecule has 0 spiro atoms. The molecule has 2 heterocycles. The number of rotatable bonds is 3. The van der Waals surface area contributed by atoms with Gasteiger partial charge in [0.25, 0.3) is 0 Å². The number of aromatic nitrogens is 2. The maximum atomic E-state index is 10.4. The van der Waals surface area contributed by atoms with Crippen LogP contribution in [0, 0.1) is 0 Å². The fourth-order valence-corrected chi connectivity index (χ4v) is 2.36. The lowest BCUT2D eigenvalue weighted by molar-refractivity contribution is 0.0219. The topological polar surface area (TPSA) is 49.2 Å². The number of nitrogens with zero attached hydrogens (tertiary/aromatic N) is 3. The third-order valence-electron chi connectivity index (χ3n) is 3.82. The molecule has 0 saturated carbocycles. The highest BCUT2D eigenvalue weighted by molar-refractivity contribution is 5.32. The van der Waals surface area contributed by atoms with Crippen molar-refractivity contribution in [2.24, 2.45) is 0 Å². The average molecular weight is 249 g/mol. The predicted octanol–water partition coefficient (Wildman–Crippen LogP) is 2.34. The van der Waals surface area contributed by atoms with Crippen LogP contribution in [-0.4, -0.2) is 33.8 Å². The van der Waals surface area contributed by atoms with Gasteiger partial charge in [0.1, 0.15) is 0 Å². The molecule has 4 nitrogen and oxygen atoms in total. The van der Waals surface area contributed by atoms with E-state index in [1.807, 2.05) is 19.3 Å². The molecule has 1 aromatic heterocycles. The van der Waals surface area contributed by atoms with E-state index in [1.54, 1.807) is 0 Å². The molecule has 2 rings (SSSR count). The summed E-state index contributed by atoms with van der Waals surface area (Å²) in [6.07, 6.45) is 6.45. The standard InChI is InChI=1S/C14H23N3O/c1-4-14(18)6-5-7-17(10-14)13-15-8-12(9-16-13)11(2)3/h8-9,11,18H,4-7,10H2,1-3H3/t14-/m0/s1. The molecule has 0 unspecified atom stereocenters. The van der Waals surface area contributed by atoms with E-state index in [0.717, 1.165) is 37.3 Å². The molecule has 1 aliphatic heterocycles. The number of hydrogen-bond donors (Lipinski definition) is 1. The first-order valence-electron chi connectivity index (χ1n) is 6.83. The summed E-state index contributed by atoms with van der Waals surface area (Å²) in [5, 5.41) is 10.4. The van der Waals surface area contributed by atoms with Crippen molar-refractivity contribution in [2.45, 2.75) is 51.6 Å². The summed E-state index contributed by atoms with van der Waals surface area (Å²) in [5.41, 5.74) is 0.583. The molecule has 1 atom stereocenters. The fraction of sp³-hybridized carbons (Fsp3) is 0.714. The van der Waals surface area contributed by atoms with Crippen LogP contribution in [0.2, 0.25) is 0 Å². The van der Waals surface area contributed by atoms with E-state index in [9.17, 15) is 5.11 Å². The Hall–Kier alpha value is -1.16. The van der Waals surface area contributed by atoms with Crippen molar-refractivity contribution in [3.63, 3.8) is 0 Å². The molecule has 1 aromatic rings. The second kappa shape index (κ2) is 5.22. The Labute approximate surface area is 109 Å². The van der Waals surface area contributed by atoms with Gasteiger partial charge in [-0.15, -0.1) is 0 Å². The zero-order valence-corrected chi connectivity index (χ0v) is 11.6. The van der Waals surface area contributed by atoms with Crippen LogP contribution >= 0.6 is 0 Å². The Morgan fingerprint density at radius 2 is 2.06 bits per heavy atom. The minimum absolute atomic E-state index is 0.452. The van der Waals surface area contributed by atoms with E-state index in [-0.39, 0.29) is 0 Å². The lowest BCUT2D eigenvalue weighted by Gasteiger charge is -2.38. The molecular formula is C14H23N3O. The molecule has 18 heavy (non-hydrogen) atoms. The van der Waals surface area contributed by atoms with Gasteiger partial charge in [0.05, 0.1) is 5.60 Å². The van der Waals surface area contributed by atoms with Gasteiger partial charge in [-0.2, -0.15) is 0 Å². The largest absolute Gasteiger partial charge is 0.388 e. The number of aliphatic hydroxyl groups is 1. The summed E-state index contributed by atoms with van der Waals surface area (Å²) < 4.78 is 0. The molecular weight excluding hydrogens is 226 g/mol. The SMILES string of the molecule is CC[C@]1(O)CCCN(c2ncc(C(C)C)cn2)C1. The van der Waals surface area contributed by atoms with Crippen LogP contribution in [-0.2, 0) is 0 Å². The van der Waals surface area contributed by atoms with E-state index in [0.29, 0.717) is 12.5 Å². The van der Waals surface area contributed by atoms with Crippen LogP contribution in [0.5, 0.6) is 0 Å². The van der Waals surface area contributed by atoms with Crippen LogP contribution < -0.4 is 4.90 Å². The Balaban J connectivity index is 2.11. The van der Waals surface area contributed by atoms with Crippen molar-refractivity contribution in [1.29, 1.82) is 0 Å². The summed E-state index contributed by atoms with van der Waals surface area (Å²) in [7, 11) is 0. The highest BCUT2D eigenvalue weighted by atomic mass is 16.3. The Bertz CT molecular complexity index is 391. The molecule has 0 amide bonds. The van der Waals surface area contributed by atoms with Gasteiger partial charge in [-0.05, 0) is 30.7 Å². The summed E-state index contributed by atoms with van der Waals surface area (Å²) in [6, 6.07) is 0. The molecule has 0 aliphatic carbocycles. The second-order valence-corrected chi connectivity index (χ2v) is 5.57. The van der Waals surface area contributed by atoms with Gasteiger partial charge in [0.15, 0.2) is 0 Å². The number of piperidine rings is 1. The first-order valence-corrected chi connectivity index (χ1v) is 6.83. The smallest absolute Gasteiger partial charge is 0.225 e. The third kappa shape index (κ3) is 2.80. The summed E-state index contributed by atoms with van der Waals surface area (Å²) in [6.45, 7) is 7.88. The minimum Gasteiger partial charge on any atom is -0.388 e. The first-order chi connectivity index (χ1) is 8.54. The van der Waals surface area contributed by atoms with Crippen LogP contribution in [0.1, 0.15) is 51.5 Å². The summed E-state index contributed by atoms with van der Waals surface area (Å²) in [4.78, 5) is 10.9. The van der Waals surface area contributed by atoms with Crippen LogP contribution in [0.15, 0.2) is 12.4 Å². The van der Waals surface area contributed by atoms with E-state index in [4.69, 9.17) is 0 Å². The summed E-state index contributed by atoms with van der Waals surface area (Å²) in [5.74, 6) is 1.19. The Kier molecular flexibility index (Phi) is 3.85. The molecule has 1 fully saturated rings. The van der Waals surface area contributed by atoms with Crippen molar-refractivity contribution < 1.29 is 5.11 Å². The predicted molar refractivity (Wildman–Crippen MR) is 72.8 cm³/mol. The average Bonchev–Trinajstić information content (AvgIpc) is 2.39. The summed E-state index contributed by atoms with van der Waals surface area (Å²) >= 11 is 0. The van der Waals surface area contributed by atoms with Crippen molar-refractivity contribution in [3.05, 3.63) is 18.0 Å². The van der Waals surface area contributed by atoms with Crippen molar-refractivity contribution in [3.8, 4) is 0 Å². The van der Waals surface area contributed by atoms with Gasteiger partial charge in [-0.3, -0.25) is 0 Å². The highest BCUT2D eigenvalue weighted by Crippen LogP contribution is 2.26. The van der Waals surface area contributed by atoms with E-state index < -0.39 is 5.60 Å². The van der Waals surface area contributed by atoms with Crippen molar-refractivity contribution in [2.75, 3.05) is 18.0 Å². The maximum Gasteiger partial charge on any atom is 0.225 e. The monoisotopic (exact) mass is 249 g/mol. The minimum atomic E-state index is -0.571. The van der Waals surface area contributed by atoms with Crippen molar-refractivity contribution >= 4 is 5.95 Å². The van der Waals surface area contributed by atoms with Gasteiger partial charge in [-0.25, -0.2) is 9.97 Å². The maximum absolute atomic E-state index is 10.4. The molecule has 100 valence electrons. The van der Waals surface area contributed by atoms with Crippen molar-refractivity contribution in [1.82, 2.24) is 9.97 Å². The van der Waals surface area contributed by atoms with Gasteiger partial charge >= 0.3 is 0 Å². The molecule has 1 aliphatic rings. The fourth-order valence-electron chi connectivity index (χ4n) is 2.36. The van der Waals surface area contributed by atoms with Gasteiger partial charge in [-0.1, -0.05) is 20.8 Å². The van der Waals surface area contributed by atoms with E-state index in [1.165, 1.54) is 0 Å². The van der Waals surface area contributed by atoms with Crippen LogP contribution in [0.25, 0.3) is 0 Å². The zero-order chi connectivity index (χ0) is 13.2. The molecule has 1 N–H and O–H groups in total. The quantitative estimate of drug-likeness (QED) is 0.893. The number of β-amino-alcohol motifs (C(OH)–C–C–N with tert-alkyl or cyclic N) is 1. The number of anilines is 1.